The fourth-order valence-corrected chi connectivity index (χ4v) is 4.87. The van der Waals surface area contributed by atoms with Gasteiger partial charge < -0.3 is 19.6 Å². The number of non-ortho nitro benzene ring substituents is 1. The molecule has 4 rings (SSSR count). The van der Waals surface area contributed by atoms with Gasteiger partial charge in [0.25, 0.3) is 17.4 Å². The van der Waals surface area contributed by atoms with Crippen LogP contribution in [0.15, 0.2) is 78.4 Å². The third kappa shape index (κ3) is 6.05. The summed E-state index contributed by atoms with van der Waals surface area (Å²) in [6, 6.07) is 19.7. The average Bonchev–Trinajstić information content (AvgIpc) is 3.22. The minimum Gasteiger partial charge on any atom is -0.507 e. The number of aliphatic hydroxyl groups excluding tert-OH is 1. The van der Waals surface area contributed by atoms with E-state index >= 15 is 0 Å². The molecule has 1 atom stereocenters. The normalized spacial score (nSPS) is 16.5. The maximum atomic E-state index is 13.3. The van der Waals surface area contributed by atoms with Crippen molar-refractivity contribution in [3.8, 4) is 5.75 Å². The fourth-order valence-electron chi connectivity index (χ4n) is 4.87. The highest BCUT2D eigenvalue weighted by atomic mass is 16.6. The standard InChI is InChI=1S/C31H33N3O6/c1-4-32(5-2)17-18-33-28(23-11-14-25(15-12-23)34(38)39)27(30(36)31(33)37)29(35)24-13-16-26(21(3)19-24)40-20-22-9-7-6-8-10-22/h6-16,19,28,35H,4-5,17-18,20H2,1-3H3/t28-/m1/s1. The number of carbonyl (C=O) groups excluding carboxylic acids is 2. The smallest absolute Gasteiger partial charge is 0.295 e. The molecule has 0 radical (unpaired) electrons. The van der Waals surface area contributed by atoms with Crippen molar-refractivity contribution in [1.82, 2.24) is 9.80 Å². The Hall–Kier alpha value is -4.50. The molecule has 1 amide bonds. The molecule has 0 spiro atoms. The van der Waals surface area contributed by atoms with Crippen LogP contribution in [0.3, 0.4) is 0 Å². The highest BCUT2D eigenvalue weighted by Gasteiger charge is 2.46. The molecule has 1 aliphatic rings. The third-order valence-electron chi connectivity index (χ3n) is 7.20. The van der Waals surface area contributed by atoms with Gasteiger partial charge in [-0.3, -0.25) is 19.7 Å². The zero-order chi connectivity index (χ0) is 28.8. The van der Waals surface area contributed by atoms with E-state index < -0.39 is 22.7 Å². The monoisotopic (exact) mass is 543 g/mol. The number of rotatable bonds is 11. The van der Waals surface area contributed by atoms with Gasteiger partial charge in [-0.1, -0.05) is 44.2 Å². The van der Waals surface area contributed by atoms with Crippen LogP contribution in [0, 0.1) is 17.0 Å². The van der Waals surface area contributed by atoms with Gasteiger partial charge in [-0.2, -0.15) is 0 Å². The molecule has 1 fully saturated rings. The summed E-state index contributed by atoms with van der Waals surface area (Å²) >= 11 is 0. The van der Waals surface area contributed by atoms with Crippen LogP contribution < -0.4 is 4.74 Å². The maximum absolute atomic E-state index is 13.3. The molecule has 40 heavy (non-hydrogen) atoms. The van der Waals surface area contributed by atoms with E-state index in [9.17, 15) is 24.8 Å². The molecule has 0 aromatic heterocycles. The number of carbonyl (C=O) groups is 2. The summed E-state index contributed by atoms with van der Waals surface area (Å²) in [5.41, 5.74) is 2.49. The van der Waals surface area contributed by atoms with Crippen molar-refractivity contribution in [2.45, 2.75) is 33.4 Å². The molecule has 1 aliphatic heterocycles. The van der Waals surface area contributed by atoms with Gasteiger partial charge in [-0.05, 0) is 67.0 Å². The molecule has 0 bridgehead atoms. The summed E-state index contributed by atoms with van der Waals surface area (Å²) in [5, 5.41) is 22.6. The Kier molecular flexibility index (Phi) is 8.96. The Morgan fingerprint density at radius 2 is 1.70 bits per heavy atom. The zero-order valence-corrected chi connectivity index (χ0v) is 22.9. The van der Waals surface area contributed by atoms with E-state index in [1.54, 1.807) is 18.2 Å². The molecular weight excluding hydrogens is 510 g/mol. The van der Waals surface area contributed by atoms with Crippen LogP contribution in [0.4, 0.5) is 5.69 Å². The van der Waals surface area contributed by atoms with Crippen LogP contribution in [-0.4, -0.2) is 57.7 Å². The first kappa shape index (κ1) is 28.5. The number of amides is 1. The summed E-state index contributed by atoms with van der Waals surface area (Å²) in [5.74, 6) is -1.17. The first-order valence-corrected chi connectivity index (χ1v) is 13.3. The van der Waals surface area contributed by atoms with Gasteiger partial charge >= 0.3 is 0 Å². The van der Waals surface area contributed by atoms with Crippen LogP contribution in [0.5, 0.6) is 5.75 Å². The number of benzene rings is 3. The number of nitro groups is 1. The number of hydrogen-bond acceptors (Lipinski definition) is 7. The number of aryl methyl sites for hydroxylation is 1. The molecule has 9 nitrogen and oxygen atoms in total. The molecule has 1 N–H and O–H groups in total. The molecule has 9 heteroatoms. The van der Waals surface area contributed by atoms with Gasteiger partial charge in [0.1, 0.15) is 18.1 Å². The Morgan fingerprint density at radius 1 is 1.02 bits per heavy atom. The number of aliphatic hydroxyl groups is 1. The lowest BCUT2D eigenvalue weighted by Gasteiger charge is -2.28. The van der Waals surface area contributed by atoms with E-state index in [4.69, 9.17) is 4.74 Å². The van der Waals surface area contributed by atoms with Gasteiger partial charge in [0.2, 0.25) is 0 Å². The second-order valence-electron chi connectivity index (χ2n) is 9.62. The topological polar surface area (TPSA) is 113 Å². The number of Topliss-reactive ketones (excluding diaryl/α,β-unsaturated/α-hetero) is 1. The molecular formula is C31H33N3O6. The molecule has 3 aromatic carbocycles. The summed E-state index contributed by atoms with van der Waals surface area (Å²) in [6.07, 6.45) is 0. The Bertz CT molecular complexity index is 1410. The number of ether oxygens (including phenoxy) is 1. The highest BCUT2D eigenvalue weighted by molar-refractivity contribution is 6.46. The van der Waals surface area contributed by atoms with E-state index in [0.29, 0.717) is 30.0 Å². The molecule has 1 heterocycles. The summed E-state index contributed by atoms with van der Waals surface area (Å²) < 4.78 is 5.95. The van der Waals surface area contributed by atoms with Gasteiger partial charge in [0, 0.05) is 30.8 Å². The van der Waals surface area contributed by atoms with Gasteiger partial charge in [0.05, 0.1) is 16.5 Å². The van der Waals surface area contributed by atoms with Crippen molar-refractivity contribution in [2.24, 2.45) is 0 Å². The molecule has 3 aromatic rings. The van der Waals surface area contributed by atoms with Crippen molar-refractivity contribution in [1.29, 1.82) is 0 Å². The minimum atomic E-state index is -0.884. The third-order valence-corrected chi connectivity index (χ3v) is 7.20. The molecule has 208 valence electrons. The van der Waals surface area contributed by atoms with E-state index in [-0.39, 0.29) is 23.6 Å². The van der Waals surface area contributed by atoms with Crippen LogP contribution in [0.2, 0.25) is 0 Å². The van der Waals surface area contributed by atoms with E-state index in [2.05, 4.69) is 4.90 Å². The summed E-state index contributed by atoms with van der Waals surface area (Å²) in [7, 11) is 0. The Labute approximate surface area is 233 Å². The second kappa shape index (κ2) is 12.6. The number of ketones is 1. The first-order valence-electron chi connectivity index (χ1n) is 13.3. The predicted molar refractivity (Wildman–Crippen MR) is 152 cm³/mol. The average molecular weight is 544 g/mol. The zero-order valence-electron chi connectivity index (χ0n) is 22.9. The number of likely N-dealkylation sites (tertiary alicyclic amines) is 1. The lowest BCUT2D eigenvalue weighted by Crippen LogP contribution is -2.38. The van der Waals surface area contributed by atoms with Crippen molar-refractivity contribution in [3.63, 3.8) is 0 Å². The van der Waals surface area contributed by atoms with Crippen LogP contribution in [0.25, 0.3) is 5.76 Å². The van der Waals surface area contributed by atoms with Crippen LogP contribution in [-0.2, 0) is 16.2 Å². The predicted octanol–water partition coefficient (Wildman–Crippen LogP) is 5.25. The van der Waals surface area contributed by atoms with Gasteiger partial charge in [-0.15, -0.1) is 0 Å². The van der Waals surface area contributed by atoms with Crippen LogP contribution >= 0.6 is 0 Å². The van der Waals surface area contributed by atoms with Crippen molar-refractivity contribution in [3.05, 3.63) is 111 Å². The van der Waals surface area contributed by atoms with Gasteiger partial charge in [0.15, 0.2) is 0 Å². The molecule has 0 saturated carbocycles. The number of likely N-dealkylation sites (N-methyl/N-ethyl adjacent to an activating group) is 1. The second-order valence-corrected chi connectivity index (χ2v) is 9.62. The van der Waals surface area contributed by atoms with E-state index in [0.717, 1.165) is 24.2 Å². The van der Waals surface area contributed by atoms with Crippen molar-refractivity contribution >= 4 is 23.1 Å². The van der Waals surface area contributed by atoms with E-state index in [1.807, 2.05) is 51.1 Å². The minimum absolute atomic E-state index is 0.0456. The largest absolute Gasteiger partial charge is 0.507 e. The van der Waals surface area contributed by atoms with Crippen molar-refractivity contribution < 1.29 is 24.4 Å². The molecule has 1 saturated heterocycles. The Balaban J connectivity index is 1.70. The first-order chi connectivity index (χ1) is 19.2. The lowest BCUT2D eigenvalue weighted by atomic mass is 9.94. The van der Waals surface area contributed by atoms with E-state index in [1.165, 1.54) is 29.2 Å². The number of nitro benzene ring substituents is 1. The van der Waals surface area contributed by atoms with Crippen molar-refractivity contribution in [2.75, 3.05) is 26.2 Å². The Morgan fingerprint density at radius 3 is 2.30 bits per heavy atom. The molecule has 0 aliphatic carbocycles. The summed E-state index contributed by atoms with van der Waals surface area (Å²) in [6.45, 7) is 8.60. The fraction of sp³-hybridized carbons (Fsp3) is 0.290. The summed E-state index contributed by atoms with van der Waals surface area (Å²) in [4.78, 5) is 40.8. The number of nitrogens with zero attached hydrogens (tertiary/aromatic N) is 3. The highest BCUT2D eigenvalue weighted by Crippen LogP contribution is 2.40. The number of hydrogen-bond donors (Lipinski definition) is 1. The molecule has 0 unspecified atom stereocenters. The SMILES string of the molecule is CCN(CC)CCN1C(=O)C(=O)C(=C(O)c2ccc(OCc3ccccc3)c(C)c2)[C@H]1c1ccc([N+](=O)[O-])cc1. The van der Waals surface area contributed by atoms with Crippen LogP contribution in [0.1, 0.15) is 42.1 Å². The quantitative estimate of drug-likeness (QED) is 0.116. The maximum Gasteiger partial charge on any atom is 0.295 e. The van der Waals surface area contributed by atoms with Gasteiger partial charge in [-0.25, -0.2) is 0 Å². The lowest BCUT2D eigenvalue weighted by molar-refractivity contribution is -0.384.